The highest BCUT2D eigenvalue weighted by molar-refractivity contribution is 5.87. The van der Waals surface area contributed by atoms with E-state index in [1.54, 1.807) is 6.92 Å². The van der Waals surface area contributed by atoms with Crippen LogP contribution < -0.4 is 0 Å². The standard InChI is InChI=1S/C15H26O3/c1-4-5-6-7-8-9-10-11-13-15(17-13)18-14(16)12(2)3/h13,15H,2,4-11H2,1,3H3. The molecule has 0 amide bonds. The molecule has 0 aromatic heterocycles. The summed E-state index contributed by atoms with van der Waals surface area (Å²) >= 11 is 0. The van der Waals surface area contributed by atoms with E-state index in [-0.39, 0.29) is 18.4 Å². The number of hydrogen-bond acceptors (Lipinski definition) is 3. The predicted molar refractivity (Wildman–Crippen MR) is 72.2 cm³/mol. The molecular formula is C15H26O3. The van der Waals surface area contributed by atoms with E-state index in [4.69, 9.17) is 9.47 Å². The first-order chi connectivity index (χ1) is 8.65. The summed E-state index contributed by atoms with van der Waals surface area (Å²) < 4.78 is 10.4. The normalized spacial score (nSPS) is 21.7. The molecule has 18 heavy (non-hydrogen) atoms. The zero-order valence-corrected chi connectivity index (χ0v) is 11.7. The minimum absolute atomic E-state index is 0.129. The molecule has 1 rings (SSSR count). The Balaban J connectivity index is 1.90. The SMILES string of the molecule is C=C(C)C(=O)OC1OC1CCCCCCCCC. The second kappa shape index (κ2) is 8.30. The third kappa shape index (κ3) is 6.20. The van der Waals surface area contributed by atoms with Crippen LogP contribution in [-0.4, -0.2) is 18.4 Å². The van der Waals surface area contributed by atoms with Gasteiger partial charge in [-0.1, -0.05) is 58.4 Å². The van der Waals surface area contributed by atoms with Gasteiger partial charge >= 0.3 is 5.97 Å². The lowest BCUT2D eigenvalue weighted by Gasteiger charge is -2.00. The first-order valence-corrected chi connectivity index (χ1v) is 7.17. The van der Waals surface area contributed by atoms with Crippen LogP contribution in [-0.2, 0) is 14.3 Å². The van der Waals surface area contributed by atoms with Gasteiger partial charge in [-0.25, -0.2) is 4.79 Å². The zero-order chi connectivity index (χ0) is 13.4. The monoisotopic (exact) mass is 254 g/mol. The van der Waals surface area contributed by atoms with Gasteiger partial charge in [-0.3, -0.25) is 0 Å². The van der Waals surface area contributed by atoms with Gasteiger partial charge in [0.15, 0.2) is 0 Å². The summed E-state index contributed by atoms with van der Waals surface area (Å²) in [5.74, 6) is -0.345. The molecule has 1 heterocycles. The Morgan fingerprint density at radius 1 is 1.17 bits per heavy atom. The van der Waals surface area contributed by atoms with Crippen molar-refractivity contribution in [1.29, 1.82) is 0 Å². The highest BCUT2D eigenvalue weighted by Crippen LogP contribution is 2.29. The van der Waals surface area contributed by atoms with E-state index in [1.165, 1.54) is 38.5 Å². The average Bonchev–Trinajstić information content (AvgIpc) is 3.06. The molecule has 2 atom stereocenters. The fourth-order valence-corrected chi connectivity index (χ4v) is 1.94. The summed E-state index contributed by atoms with van der Waals surface area (Å²) in [6, 6.07) is 0. The van der Waals surface area contributed by atoms with Crippen LogP contribution >= 0.6 is 0 Å². The molecule has 0 bridgehead atoms. The molecule has 0 aliphatic carbocycles. The van der Waals surface area contributed by atoms with E-state index in [9.17, 15) is 4.79 Å². The summed E-state index contributed by atoms with van der Waals surface area (Å²) in [6.07, 6.45) is 9.89. The molecule has 2 unspecified atom stereocenters. The molecule has 0 radical (unpaired) electrons. The smallest absolute Gasteiger partial charge is 0.335 e. The van der Waals surface area contributed by atoms with E-state index in [0.717, 1.165) is 12.8 Å². The quantitative estimate of drug-likeness (QED) is 0.256. The van der Waals surface area contributed by atoms with Crippen LogP contribution in [0.2, 0.25) is 0 Å². The summed E-state index contributed by atoms with van der Waals surface area (Å²) in [4.78, 5) is 11.2. The van der Waals surface area contributed by atoms with Gasteiger partial charge in [0.05, 0.1) is 0 Å². The number of rotatable bonds is 10. The van der Waals surface area contributed by atoms with Crippen LogP contribution in [0.3, 0.4) is 0 Å². The molecule has 3 heteroatoms. The molecule has 1 aliphatic heterocycles. The Kier molecular flexibility index (Phi) is 7.02. The number of carbonyl (C=O) groups excluding carboxylic acids is 1. The van der Waals surface area contributed by atoms with Crippen LogP contribution in [0.4, 0.5) is 0 Å². The Hall–Kier alpha value is -0.830. The predicted octanol–water partition coefficient (Wildman–Crippen LogP) is 3.97. The van der Waals surface area contributed by atoms with Gasteiger partial charge in [0, 0.05) is 5.57 Å². The maximum atomic E-state index is 11.2. The molecule has 0 N–H and O–H groups in total. The van der Waals surface area contributed by atoms with Crippen molar-refractivity contribution in [3.63, 3.8) is 0 Å². The minimum atomic E-state index is -0.345. The van der Waals surface area contributed by atoms with E-state index in [1.807, 2.05) is 0 Å². The number of ether oxygens (including phenoxy) is 2. The number of epoxide rings is 1. The number of esters is 1. The van der Waals surface area contributed by atoms with E-state index < -0.39 is 0 Å². The Morgan fingerprint density at radius 2 is 1.78 bits per heavy atom. The van der Waals surface area contributed by atoms with Crippen LogP contribution in [0, 0.1) is 0 Å². The topological polar surface area (TPSA) is 38.8 Å². The molecule has 1 fully saturated rings. The van der Waals surface area contributed by atoms with Crippen molar-refractivity contribution in [3.8, 4) is 0 Å². The highest BCUT2D eigenvalue weighted by atomic mass is 16.8. The fourth-order valence-electron chi connectivity index (χ4n) is 1.94. The highest BCUT2D eigenvalue weighted by Gasteiger charge is 2.41. The van der Waals surface area contributed by atoms with E-state index in [0.29, 0.717) is 5.57 Å². The van der Waals surface area contributed by atoms with Crippen LogP contribution in [0.15, 0.2) is 12.2 Å². The van der Waals surface area contributed by atoms with Crippen molar-refractivity contribution < 1.29 is 14.3 Å². The summed E-state index contributed by atoms with van der Waals surface area (Å²) in [7, 11) is 0. The van der Waals surface area contributed by atoms with Gasteiger partial charge in [0.2, 0.25) is 6.29 Å². The fraction of sp³-hybridized carbons (Fsp3) is 0.800. The molecule has 1 aliphatic rings. The van der Waals surface area contributed by atoms with Crippen LogP contribution in [0.1, 0.15) is 65.2 Å². The lowest BCUT2D eigenvalue weighted by atomic mass is 10.1. The summed E-state index contributed by atoms with van der Waals surface area (Å²) in [5.41, 5.74) is 0.431. The Labute approximate surface area is 111 Å². The van der Waals surface area contributed by atoms with Gasteiger partial charge in [-0.2, -0.15) is 0 Å². The van der Waals surface area contributed by atoms with Crippen LogP contribution in [0.5, 0.6) is 0 Å². The Bertz CT molecular complexity index is 273. The average molecular weight is 254 g/mol. The van der Waals surface area contributed by atoms with Gasteiger partial charge in [-0.15, -0.1) is 0 Å². The second-order valence-electron chi connectivity index (χ2n) is 5.14. The van der Waals surface area contributed by atoms with Crippen molar-refractivity contribution in [3.05, 3.63) is 12.2 Å². The van der Waals surface area contributed by atoms with E-state index >= 15 is 0 Å². The lowest BCUT2D eigenvalue weighted by molar-refractivity contribution is -0.143. The van der Waals surface area contributed by atoms with Crippen molar-refractivity contribution in [1.82, 2.24) is 0 Å². The number of carbonyl (C=O) groups is 1. The molecule has 0 aromatic rings. The Morgan fingerprint density at radius 3 is 2.39 bits per heavy atom. The largest absolute Gasteiger partial charge is 0.429 e. The number of hydrogen-bond donors (Lipinski definition) is 0. The van der Waals surface area contributed by atoms with Crippen molar-refractivity contribution >= 4 is 5.97 Å². The second-order valence-corrected chi connectivity index (χ2v) is 5.14. The van der Waals surface area contributed by atoms with Gasteiger partial charge < -0.3 is 9.47 Å². The molecule has 3 nitrogen and oxygen atoms in total. The third-order valence-corrected chi connectivity index (χ3v) is 3.20. The van der Waals surface area contributed by atoms with Crippen LogP contribution in [0.25, 0.3) is 0 Å². The van der Waals surface area contributed by atoms with Gasteiger partial charge in [-0.05, 0) is 13.3 Å². The summed E-state index contributed by atoms with van der Waals surface area (Å²) in [6.45, 7) is 7.42. The lowest BCUT2D eigenvalue weighted by Crippen LogP contribution is -2.09. The van der Waals surface area contributed by atoms with Crippen molar-refractivity contribution in [2.75, 3.05) is 0 Å². The number of unbranched alkanes of at least 4 members (excludes halogenated alkanes) is 6. The third-order valence-electron chi connectivity index (χ3n) is 3.20. The van der Waals surface area contributed by atoms with Gasteiger partial charge in [0.25, 0.3) is 0 Å². The molecule has 104 valence electrons. The first kappa shape index (κ1) is 15.2. The molecule has 1 saturated heterocycles. The molecular weight excluding hydrogens is 228 g/mol. The van der Waals surface area contributed by atoms with E-state index in [2.05, 4.69) is 13.5 Å². The van der Waals surface area contributed by atoms with Crippen molar-refractivity contribution in [2.45, 2.75) is 77.6 Å². The molecule has 0 aromatic carbocycles. The first-order valence-electron chi connectivity index (χ1n) is 7.17. The minimum Gasteiger partial charge on any atom is -0.429 e. The molecule has 0 saturated carbocycles. The maximum Gasteiger partial charge on any atom is 0.335 e. The van der Waals surface area contributed by atoms with Gasteiger partial charge in [0.1, 0.15) is 6.10 Å². The molecule has 0 spiro atoms. The van der Waals surface area contributed by atoms with Crippen molar-refractivity contribution in [2.24, 2.45) is 0 Å². The maximum absolute atomic E-state index is 11.2. The zero-order valence-electron chi connectivity index (χ0n) is 11.7. The summed E-state index contributed by atoms with van der Waals surface area (Å²) in [5, 5.41) is 0.